The van der Waals surface area contributed by atoms with Crippen molar-refractivity contribution in [2.24, 2.45) is 0 Å². The molecule has 0 aliphatic carbocycles. The summed E-state index contributed by atoms with van der Waals surface area (Å²) in [6.07, 6.45) is 2.48. The van der Waals surface area contributed by atoms with Crippen molar-refractivity contribution in [3.05, 3.63) is 81.7 Å². The summed E-state index contributed by atoms with van der Waals surface area (Å²) in [7, 11) is 1.37. The molecule has 0 amide bonds. The van der Waals surface area contributed by atoms with Crippen LogP contribution in [0.3, 0.4) is 0 Å². The lowest BCUT2D eigenvalue weighted by molar-refractivity contribution is -0.140. The van der Waals surface area contributed by atoms with Gasteiger partial charge in [-0.15, -0.1) is 0 Å². The number of ether oxygens (including phenoxy) is 2. The van der Waals surface area contributed by atoms with Gasteiger partial charge in [0.1, 0.15) is 17.9 Å². The average molecular weight is 378 g/mol. The highest BCUT2D eigenvalue weighted by Crippen LogP contribution is 2.29. The van der Waals surface area contributed by atoms with Crippen LogP contribution in [0.4, 0.5) is 0 Å². The van der Waals surface area contributed by atoms with Crippen molar-refractivity contribution in [2.75, 3.05) is 7.11 Å². The van der Waals surface area contributed by atoms with Gasteiger partial charge in [0.05, 0.1) is 7.11 Å². The molecule has 0 aliphatic heterocycles. The Bertz CT molecular complexity index is 1060. The fourth-order valence-corrected chi connectivity index (χ4v) is 2.97. The maximum atomic E-state index is 11.7. The minimum atomic E-state index is -0.404. The summed E-state index contributed by atoms with van der Waals surface area (Å²) in [6, 6.07) is 12.9. The second kappa shape index (κ2) is 8.57. The molecule has 5 heteroatoms. The SMILES string of the molecule is C=Cc1ccc(COc2cc3oc(=O)cc(C)c3cc2CCC(=O)OC)cc1. The predicted molar refractivity (Wildman–Crippen MR) is 108 cm³/mol. The van der Waals surface area contributed by atoms with Crippen LogP contribution >= 0.6 is 0 Å². The zero-order valence-electron chi connectivity index (χ0n) is 16.0. The third kappa shape index (κ3) is 4.49. The normalized spacial score (nSPS) is 10.6. The summed E-state index contributed by atoms with van der Waals surface area (Å²) in [4.78, 5) is 23.3. The first-order valence-corrected chi connectivity index (χ1v) is 8.98. The van der Waals surface area contributed by atoms with Crippen LogP contribution in [0.15, 0.2) is 58.3 Å². The first kappa shape index (κ1) is 19.4. The predicted octanol–water partition coefficient (Wildman–Crippen LogP) is 4.43. The number of hydrogen-bond acceptors (Lipinski definition) is 5. The van der Waals surface area contributed by atoms with Gasteiger partial charge in [0.2, 0.25) is 0 Å². The molecule has 0 atom stereocenters. The van der Waals surface area contributed by atoms with Crippen LogP contribution in [0, 0.1) is 6.92 Å². The Morgan fingerprint density at radius 1 is 1.18 bits per heavy atom. The third-order valence-electron chi connectivity index (χ3n) is 4.57. The van der Waals surface area contributed by atoms with Gasteiger partial charge in [0.25, 0.3) is 0 Å². The summed E-state index contributed by atoms with van der Waals surface area (Å²) < 4.78 is 16.1. The molecule has 0 aliphatic rings. The quantitative estimate of drug-likeness (QED) is 0.449. The van der Waals surface area contributed by atoms with Crippen molar-refractivity contribution in [1.82, 2.24) is 0 Å². The van der Waals surface area contributed by atoms with E-state index in [0.717, 1.165) is 27.6 Å². The highest BCUT2D eigenvalue weighted by molar-refractivity contribution is 5.83. The molecule has 2 aromatic carbocycles. The number of aryl methyl sites for hydroxylation is 2. The number of methoxy groups -OCH3 is 1. The van der Waals surface area contributed by atoms with E-state index >= 15 is 0 Å². The van der Waals surface area contributed by atoms with Crippen molar-refractivity contribution in [3.8, 4) is 5.75 Å². The summed E-state index contributed by atoms with van der Waals surface area (Å²) in [6.45, 7) is 5.95. The van der Waals surface area contributed by atoms with Crippen LogP contribution in [-0.2, 0) is 22.6 Å². The van der Waals surface area contributed by atoms with Crippen LogP contribution in [0.5, 0.6) is 5.75 Å². The zero-order valence-corrected chi connectivity index (χ0v) is 16.0. The molecule has 0 unspecified atom stereocenters. The average Bonchev–Trinajstić information content (AvgIpc) is 2.70. The molecule has 0 bridgehead atoms. The first-order chi connectivity index (χ1) is 13.5. The highest BCUT2D eigenvalue weighted by Gasteiger charge is 2.13. The van der Waals surface area contributed by atoms with Gasteiger partial charge in [0, 0.05) is 23.9 Å². The molecular formula is C23H22O5. The van der Waals surface area contributed by atoms with Crippen molar-refractivity contribution in [2.45, 2.75) is 26.4 Å². The summed E-state index contributed by atoms with van der Waals surface area (Å²) >= 11 is 0. The summed E-state index contributed by atoms with van der Waals surface area (Å²) in [5.74, 6) is 0.292. The Morgan fingerprint density at radius 3 is 2.61 bits per heavy atom. The number of esters is 1. The maximum absolute atomic E-state index is 11.7. The van der Waals surface area contributed by atoms with Gasteiger partial charge in [0.15, 0.2) is 0 Å². The van der Waals surface area contributed by atoms with Gasteiger partial charge in [-0.1, -0.05) is 36.9 Å². The van der Waals surface area contributed by atoms with Gasteiger partial charge in [-0.3, -0.25) is 4.79 Å². The molecule has 1 heterocycles. The second-order valence-electron chi connectivity index (χ2n) is 6.52. The number of rotatable bonds is 7. The maximum Gasteiger partial charge on any atom is 0.336 e. The monoisotopic (exact) mass is 378 g/mol. The number of benzene rings is 2. The van der Waals surface area contributed by atoms with Gasteiger partial charge in [-0.05, 0) is 41.7 Å². The molecular weight excluding hydrogens is 356 g/mol. The summed E-state index contributed by atoms with van der Waals surface area (Å²) in [5, 5.41) is 0.821. The van der Waals surface area contributed by atoms with E-state index in [1.54, 1.807) is 12.1 Å². The lowest BCUT2D eigenvalue weighted by Gasteiger charge is -2.13. The van der Waals surface area contributed by atoms with Gasteiger partial charge in [-0.2, -0.15) is 0 Å². The van der Waals surface area contributed by atoms with E-state index in [0.29, 0.717) is 24.4 Å². The van der Waals surface area contributed by atoms with Crippen LogP contribution in [0.1, 0.15) is 28.7 Å². The van der Waals surface area contributed by atoms with E-state index in [4.69, 9.17) is 13.9 Å². The molecule has 0 fully saturated rings. The van der Waals surface area contributed by atoms with Crippen LogP contribution in [0.25, 0.3) is 17.0 Å². The van der Waals surface area contributed by atoms with Gasteiger partial charge >= 0.3 is 11.6 Å². The van der Waals surface area contributed by atoms with E-state index < -0.39 is 5.63 Å². The van der Waals surface area contributed by atoms with E-state index in [1.807, 2.05) is 37.3 Å². The summed E-state index contributed by atoms with van der Waals surface area (Å²) in [5.41, 5.74) is 3.76. The fourth-order valence-electron chi connectivity index (χ4n) is 2.97. The largest absolute Gasteiger partial charge is 0.488 e. The van der Waals surface area contributed by atoms with E-state index in [2.05, 4.69) is 6.58 Å². The van der Waals surface area contributed by atoms with Crippen molar-refractivity contribution < 1.29 is 18.7 Å². The van der Waals surface area contributed by atoms with Crippen molar-refractivity contribution in [3.63, 3.8) is 0 Å². The second-order valence-corrected chi connectivity index (χ2v) is 6.52. The Labute approximate surface area is 163 Å². The Morgan fingerprint density at radius 2 is 1.93 bits per heavy atom. The number of carbonyl (C=O) groups is 1. The van der Waals surface area contributed by atoms with E-state index in [-0.39, 0.29) is 12.4 Å². The number of fused-ring (bicyclic) bond motifs is 1. The van der Waals surface area contributed by atoms with Crippen LogP contribution in [-0.4, -0.2) is 13.1 Å². The van der Waals surface area contributed by atoms with Crippen LogP contribution < -0.4 is 10.4 Å². The molecule has 144 valence electrons. The third-order valence-corrected chi connectivity index (χ3v) is 4.57. The van der Waals surface area contributed by atoms with Gasteiger partial charge in [-0.25, -0.2) is 4.79 Å². The van der Waals surface area contributed by atoms with Crippen molar-refractivity contribution >= 4 is 23.0 Å². The topological polar surface area (TPSA) is 65.7 Å². The van der Waals surface area contributed by atoms with Crippen molar-refractivity contribution in [1.29, 1.82) is 0 Å². The number of carbonyl (C=O) groups excluding carboxylic acids is 1. The lowest BCUT2D eigenvalue weighted by atomic mass is 10.0. The Balaban J connectivity index is 1.92. The molecule has 0 saturated heterocycles. The van der Waals surface area contributed by atoms with Crippen LogP contribution in [0.2, 0.25) is 0 Å². The standard InChI is InChI=1S/C23H22O5/c1-4-16-5-7-17(8-6-16)14-27-20-13-21-19(15(2)11-23(25)28-21)12-18(20)9-10-22(24)26-3/h4-8,11-13H,1,9-10,14H2,2-3H3. The molecule has 3 rings (SSSR count). The lowest BCUT2D eigenvalue weighted by Crippen LogP contribution is -2.05. The first-order valence-electron chi connectivity index (χ1n) is 8.98. The molecule has 28 heavy (non-hydrogen) atoms. The molecule has 3 aromatic rings. The molecule has 1 aromatic heterocycles. The zero-order chi connectivity index (χ0) is 20.1. The molecule has 0 spiro atoms. The molecule has 5 nitrogen and oxygen atoms in total. The minimum Gasteiger partial charge on any atom is -0.488 e. The smallest absolute Gasteiger partial charge is 0.336 e. The highest BCUT2D eigenvalue weighted by atomic mass is 16.5. The minimum absolute atomic E-state index is 0.238. The Hall–Kier alpha value is -3.34. The van der Waals surface area contributed by atoms with E-state index in [9.17, 15) is 9.59 Å². The Kier molecular flexibility index (Phi) is 5.94. The molecule has 0 N–H and O–H groups in total. The van der Waals surface area contributed by atoms with Gasteiger partial charge < -0.3 is 13.9 Å². The fraction of sp³-hybridized carbons (Fsp3) is 0.217. The molecule has 0 radical (unpaired) electrons. The molecule has 0 saturated carbocycles. The van der Waals surface area contributed by atoms with E-state index in [1.165, 1.54) is 13.2 Å². The number of hydrogen-bond donors (Lipinski definition) is 0.